The highest BCUT2D eigenvalue weighted by Crippen LogP contribution is 2.38. The van der Waals surface area contributed by atoms with Crippen LogP contribution < -0.4 is 5.32 Å². The zero-order chi connectivity index (χ0) is 18.8. The minimum atomic E-state index is -0.336. The fourth-order valence-electron chi connectivity index (χ4n) is 4.46. The summed E-state index contributed by atoms with van der Waals surface area (Å²) in [6, 6.07) is 0.315. The molecule has 1 saturated heterocycles. The molecule has 1 aliphatic carbocycles. The second-order valence-electron chi connectivity index (χ2n) is 10.2. The molecule has 2 rings (SSSR count). The van der Waals surface area contributed by atoms with Crippen molar-refractivity contribution in [2.45, 2.75) is 86.1 Å². The molecule has 2 fully saturated rings. The van der Waals surface area contributed by atoms with Gasteiger partial charge in [-0.1, -0.05) is 54.4 Å². The van der Waals surface area contributed by atoms with E-state index in [0.29, 0.717) is 25.0 Å². The van der Waals surface area contributed by atoms with Crippen LogP contribution in [0.2, 0.25) is 0 Å². The van der Waals surface area contributed by atoms with Crippen molar-refractivity contribution in [1.29, 1.82) is 0 Å². The lowest BCUT2D eigenvalue weighted by Crippen LogP contribution is -2.51. The molecule has 1 heterocycles. The van der Waals surface area contributed by atoms with E-state index in [-0.39, 0.29) is 28.6 Å². The largest absolute Gasteiger partial charge is 0.353 e. The molecule has 25 heavy (non-hydrogen) atoms. The first kappa shape index (κ1) is 20.3. The Labute approximate surface area is 154 Å². The normalized spacial score (nSPS) is 26.4. The number of hydrogen-bond acceptors (Lipinski definition) is 2. The maximum Gasteiger partial charge on any atom is 0.227 e. The molecule has 4 heteroatoms. The predicted molar refractivity (Wildman–Crippen MR) is 102 cm³/mol. The number of carbonyl (C=O) groups is 2. The molecule has 4 nitrogen and oxygen atoms in total. The summed E-state index contributed by atoms with van der Waals surface area (Å²) in [6.45, 7) is 14.2. The van der Waals surface area contributed by atoms with Gasteiger partial charge in [0.2, 0.25) is 11.8 Å². The molecule has 0 aromatic heterocycles. The Morgan fingerprint density at radius 1 is 0.880 bits per heavy atom. The van der Waals surface area contributed by atoms with Gasteiger partial charge in [0.05, 0.1) is 0 Å². The van der Waals surface area contributed by atoms with E-state index < -0.39 is 0 Å². The van der Waals surface area contributed by atoms with Gasteiger partial charge < -0.3 is 10.2 Å². The molecule has 0 bridgehead atoms. The van der Waals surface area contributed by atoms with Crippen molar-refractivity contribution in [3.63, 3.8) is 0 Å². The summed E-state index contributed by atoms with van der Waals surface area (Å²) in [5, 5.41) is 3.38. The number of likely N-dealkylation sites (tertiary alicyclic amines) is 1. The maximum atomic E-state index is 12.8. The highest BCUT2D eigenvalue weighted by molar-refractivity contribution is 5.82. The summed E-state index contributed by atoms with van der Waals surface area (Å²) in [5.74, 6) is 1.04. The molecule has 0 aromatic rings. The SMILES string of the molecule is CC(C)(C)C(=O)N1CCC(C(=O)NC2CCCCC2C(C)(C)C)CC1. The first-order chi connectivity index (χ1) is 11.5. The van der Waals surface area contributed by atoms with Gasteiger partial charge in [0.25, 0.3) is 0 Å². The fraction of sp³-hybridized carbons (Fsp3) is 0.905. The van der Waals surface area contributed by atoms with E-state index in [1.54, 1.807) is 0 Å². The fourth-order valence-corrected chi connectivity index (χ4v) is 4.46. The Morgan fingerprint density at radius 3 is 1.96 bits per heavy atom. The van der Waals surface area contributed by atoms with Crippen LogP contribution in [0.5, 0.6) is 0 Å². The van der Waals surface area contributed by atoms with Crippen molar-refractivity contribution in [3.05, 3.63) is 0 Å². The molecule has 2 unspecified atom stereocenters. The van der Waals surface area contributed by atoms with Crippen molar-refractivity contribution in [1.82, 2.24) is 10.2 Å². The molecule has 1 N–H and O–H groups in total. The van der Waals surface area contributed by atoms with Crippen LogP contribution in [0.3, 0.4) is 0 Å². The molecule has 1 saturated carbocycles. The molecule has 0 aromatic carbocycles. The van der Waals surface area contributed by atoms with Crippen molar-refractivity contribution < 1.29 is 9.59 Å². The lowest BCUT2D eigenvalue weighted by atomic mass is 9.69. The molecular weight excluding hydrogens is 312 g/mol. The van der Waals surface area contributed by atoms with Crippen molar-refractivity contribution in [2.75, 3.05) is 13.1 Å². The third-order valence-corrected chi connectivity index (χ3v) is 6.00. The van der Waals surface area contributed by atoms with Crippen LogP contribution in [0.15, 0.2) is 0 Å². The summed E-state index contributed by atoms with van der Waals surface area (Å²) in [4.78, 5) is 27.1. The van der Waals surface area contributed by atoms with Gasteiger partial charge in [-0.2, -0.15) is 0 Å². The van der Waals surface area contributed by atoms with Crippen molar-refractivity contribution in [2.24, 2.45) is 22.7 Å². The number of piperidine rings is 1. The van der Waals surface area contributed by atoms with Crippen LogP contribution in [0.25, 0.3) is 0 Å². The third-order valence-electron chi connectivity index (χ3n) is 6.00. The maximum absolute atomic E-state index is 12.8. The van der Waals surface area contributed by atoms with Gasteiger partial charge >= 0.3 is 0 Å². The summed E-state index contributed by atoms with van der Waals surface area (Å²) in [6.07, 6.45) is 6.40. The van der Waals surface area contributed by atoms with E-state index in [1.807, 2.05) is 25.7 Å². The summed E-state index contributed by atoms with van der Waals surface area (Å²) < 4.78 is 0. The van der Waals surface area contributed by atoms with Gasteiger partial charge in [0, 0.05) is 30.5 Å². The smallest absolute Gasteiger partial charge is 0.227 e. The zero-order valence-electron chi connectivity index (χ0n) is 17.2. The highest BCUT2D eigenvalue weighted by Gasteiger charge is 2.37. The Morgan fingerprint density at radius 2 is 1.44 bits per heavy atom. The molecule has 0 radical (unpaired) electrons. The first-order valence-electron chi connectivity index (χ1n) is 10.1. The lowest BCUT2D eigenvalue weighted by Gasteiger charge is -2.42. The van der Waals surface area contributed by atoms with Crippen LogP contribution in [0.4, 0.5) is 0 Å². The topological polar surface area (TPSA) is 49.4 Å². The monoisotopic (exact) mass is 350 g/mol. The average molecular weight is 351 g/mol. The molecule has 0 spiro atoms. The van der Waals surface area contributed by atoms with E-state index in [2.05, 4.69) is 26.1 Å². The molecule has 144 valence electrons. The van der Waals surface area contributed by atoms with Gasteiger partial charge in [0.1, 0.15) is 0 Å². The highest BCUT2D eigenvalue weighted by atomic mass is 16.2. The van der Waals surface area contributed by atoms with Crippen molar-refractivity contribution in [3.8, 4) is 0 Å². The zero-order valence-corrected chi connectivity index (χ0v) is 17.2. The van der Waals surface area contributed by atoms with Crippen LogP contribution >= 0.6 is 0 Å². The quantitative estimate of drug-likeness (QED) is 0.818. The Kier molecular flexibility index (Phi) is 6.22. The number of hydrogen-bond donors (Lipinski definition) is 1. The number of carbonyl (C=O) groups excluding carboxylic acids is 2. The molecule has 1 aliphatic heterocycles. The van der Waals surface area contributed by atoms with Gasteiger partial charge in [-0.15, -0.1) is 0 Å². The van der Waals surface area contributed by atoms with Crippen molar-refractivity contribution >= 4 is 11.8 Å². The Balaban J connectivity index is 1.89. The Bertz CT molecular complexity index is 479. The minimum Gasteiger partial charge on any atom is -0.353 e. The predicted octanol–water partition coefficient (Wildman–Crippen LogP) is 3.99. The molecule has 2 amide bonds. The van der Waals surface area contributed by atoms with Crippen LogP contribution in [0.1, 0.15) is 80.1 Å². The minimum absolute atomic E-state index is 0.0616. The number of nitrogens with zero attached hydrogens (tertiary/aromatic N) is 1. The van der Waals surface area contributed by atoms with Gasteiger partial charge in [0.15, 0.2) is 0 Å². The van der Waals surface area contributed by atoms with Crippen LogP contribution in [-0.2, 0) is 9.59 Å². The van der Waals surface area contributed by atoms with E-state index in [0.717, 1.165) is 19.3 Å². The Hall–Kier alpha value is -1.06. The van der Waals surface area contributed by atoms with Gasteiger partial charge in [-0.25, -0.2) is 0 Å². The summed E-state index contributed by atoms with van der Waals surface area (Å²) >= 11 is 0. The van der Waals surface area contributed by atoms with Gasteiger partial charge in [-0.3, -0.25) is 9.59 Å². The average Bonchev–Trinajstić information content (AvgIpc) is 2.53. The second-order valence-corrected chi connectivity index (χ2v) is 10.2. The molecule has 2 atom stereocenters. The third kappa shape index (κ3) is 5.21. The molecule has 2 aliphatic rings. The standard InChI is InChI=1S/C21H38N2O2/c1-20(2,3)16-9-7-8-10-17(16)22-18(24)15-11-13-23(14-12-15)19(25)21(4,5)6/h15-17H,7-14H2,1-6H3,(H,22,24). The summed E-state index contributed by atoms with van der Waals surface area (Å²) in [5.41, 5.74) is -0.0992. The second kappa shape index (κ2) is 7.67. The number of rotatable bonds is 2. The van der Waals surface area contributed by atoms with E-state index in [9.17, 15) is 9.59 Å². The number of nitrogens with one attached hydrogen (secondary N) is 1. The van der Waals surface area contributed by atoms with E-state index in [4.69, 9.17) is 0 Å². The summed E-state index contributed by atoms with van der Waals surface area (Å²) in [7, 11) is 0. The lowest BCUT2D eigenvalue weighted by molar-refractivity contribution is -0.142. The molecular formula is C21H38N2O2. The van der Waals surface area contributed by atoms with E-state index >= 15 is 0 Å². The van der Waals surface area contributed by atoms with Crippen LogP contribution in [-0.4, -0.2) is 35.8 Å². The van der Waals surface area contributed by atoms with Crippen LogP contribution in [0, 0.1) is 22.7 Å². The first-order valence-corrected chi connectivity index (χ1v) is 10.1. The van der Waals surface area contributed by atoms with Gasteiger partial charge in [-0.05, 0) is 37.0 Å². The van der Waals surface area contributed by atoms with E-state index in [1.165, 1.54) is 19.3 Å². The number of amides is 2.